The van der Waals surface area contributed by atoms with Crippen molar-refractivity contribution in [1.82, 2.24) is 0 Å². The number of furan rings is 1. The number of esters is 1. The first-order valence-electron chi connectivity index (χ1n) is 13.6. The van der Waals surface area contributed by atoms with Crippen molar-refractivity contribution in [3.63, 3.8) is 0 Å². The fourth-order valence-corrected chi connectivity index (χ4v) is 4.92. The number of carbonyl (C=O) groups is 2. The summed E-state index contributed by atoms with van der Waals surface area (Å²) in [6.07, 6.45) is 2.48. The monoisotopic (exact) mass is 556 g/mol. The number of para-hydroxylation sites is 1. The second-order valence-corrected chi connectivity index (χ2v) is 9.42. The molecule has 0 saturated heterocycles. The van der Waals surface area contributed by atoms with Gasteiger partial charge in [-0.25, -0.2) is 4.79 Å². The molecule has 4 aromatic rings. The molecule has 1 amide bonds. The molecule has 1 aliphatic heterocycles. The molecule has 0 bridgehead atoms. The zero-order valence-corrected chi connectivity index (χ0v) is 23.3. The van der Waals surface area contributed by atoms with Crippen LogP contribution in [-0.4, -0.2) is 51.6 Å². The van der Waals surface area contributed by atoms with Crippen LogP contribution in [0.4, 0.5) is 5.69 Å². The Kier molecular flexibility index (Phi) is 8.53. The summed E-state index contributed by atoms with van der Waals surface area (Å²) < 4.78 is 22.7. The van der Waals surface area contributed by atoms with Gasteiger partial charge in [0.2, 0.25) is 0 Å². The van der Waals surface area contributed by atoms with Crippen LogP contribution in [-0.2, 0) is 14.4 Å². The molecule has 3 aromatic carbocycles. The molecule has 0 radical (unpaired) electrons. The third kappa shape index (κ3) is 5.75. The third-order valence-electron chi connectivity index (χ3n) is 6.87. The molecule has 0 spiro atoms. The normalized spacial score (nSPS) is 13.5. The van der Waals surface area contributed by atoms with E-state index in [1.807, 2.05) is 60.7 Å². The Hall–Kier alpha value is -4.79. The van der Waals surface area contributed by atoms with Gasteiger partial charge in [-0.05, 0) is 74.7 Å². The van der Waals surface area contributed by atoms with E-state index < -0.39 is 5.97 Å². The molecule has 1 aliphatic rings. The number of unbranched alkanes of at least 4 members (excludes halogenated alkanes) is 2. The minimum Gasteiger partial charge on any atom is -0.497 e. The van der Waals surface area contributed by atoms with Gasteiger partial charge in [0.05, 0.1) is 26.0 Å². The van der Waals surface area contributed by atoms with Crippen molar-refractivity contribution >= 4 is 34.2 Å². The van der Waals surface area contributed by atoms with Gasteiger partial charge in [-0.2, -0.15) is 0 Å². The van der Waals surface area contributed by atoms with Crippen molar-refractivity contribution in [2.24, 2.45) is 5.16 Å². The van der Waals surface area contributed by atoms with Crippen LogP contribution >= 0.6 is 0 Å². The largest absolute Gasteiger partial charge is 0.497 e. The molecule has 0 atom stereocenters. The Bertz CT molecular complexity index is 1570. The van der Waals surface area contributed by atoms with Crippen molar-refractivity contribution in [3.8, 4) is 22.8 Å². The maximum Gasteiger partial charge on any atom is 0.342 e. The average Bonchev–Trinajstić information content (AvgIpc) is 3.50. The van der Waals surface area contributed by atoms with Crippen LogP contribution in [0.3, 0.4) is 0 Å². The van der Waals surface area contributed by atoms with E-state index >= 15 is 0 Å². The highest BCUT2D eigenvalue weighted by molar-refractivity contribution is 6.54. The molecule has 0 fully saturated rings. The number of oxime groups is 1. The lowest BCUT2D eigenvalue weighted by Crippen LogP contribution is -2.31. The van der Waals surface area contributed by atoms with Crippen molar-refractivity contribution in [2.75, 3.05) is 38.9 Å². The fraction of sp³-hybridized carbons (Fsp3) is 0.281. The van der Waals surface area contributed by atoms with Crippen LogP contribution in [0.15, 0.2) is 76.3 Å². The van der Waals surface area contributed by atoms with E-state index in [1.54, 1.807) is 25.0 Å². The molecule has 41 heavy (non-hydrogen) atoms. The second kappa shape index (κ2) is 12.6. The first-order chi connectivity index (χ1) is 20.0. The van der Waals surface area contributed by atoms with Gasteiger partial charge in [-0.1, -0.05) is 23.4 Å². The second-order valence-electron chi connectivity index (χ2n) is 9.42. The van der Waals surface area contributed by atoms with Gasteiger partial charge in [0.15, 0.2) is 5.71 Å². The number of hydrogen-bond donors (Lipinski definition) is 0. The predicted octanol–water partition coefficient (Wildman–Crippen LogP) is 6.23. The van der Waals surface area contributed by atoms with Crippen LogP contribution in [0.25, 0.3) is 22.3 Å². The SMILES string of the molecule is CCOC(=O)c1c(-c2ccc(OC)cc2)oc2ccc(OCCCCCN3C(=O)/C(=N\OC)c4ccccc43)cc12. The number of amides is 1. The minimum absolute atomic E-state index is 0.149. The summed E-state index contributed by atoms with van der Waals surface area (Å²) in [5, 5.41) is 4.56. The van der Waals surface area contributed by atoms with Gasteiger partial charge >= 0.3 is 5.97 Å². The van der Waals surface area contributed by atoms with E-state index in [0.717, 1.165) is 36.1 Å². The lowest BCUT2D eigenvalue weighted by molar-refractivity contribution is -0.112. The molecule has 2 heterocycles. The van der Waals surface area contributed by atoms with Gasteiger partial charge in [-0.3, -0.25) is 4.79 Å². The Morgan fingerprint density at radius 1 is 0.951 bits per heavy atom. The highest BCUT2D eigenvalue weighted by Gasteiger charge is 2.33. The first kappa shape index (κ1) is 27.8. The number of methoxy groups -OCH3 is 1. The van der Waals surface area contributed by atoms with E-state index in [2.05, 4.69) is 5.16 Å². The summed E-state index contributed by atoms with van der Waals surface area (Å²) in [6, 6.07) is 20.4. The van der Waals surface area contributed by atoms with Crippen LogP contribution in [0, 0.1) is 0 Å². The quantitative estimate of drug-likeness (QED) is 0.116. The van der Waals surface area contributed by atoms with E-state index in [-0.39, 0.29) is 12.5 Å². The van der Waals surface area contributed by atoms with Crippen LogP contribution < -0.4 is 14.4 Å². The highest BCUT2D eigenvalue weighted by atomic mass is 16.6. The maximum atomic E-state index is 13.0. The number of carbonyl (C=O) groups excluding carboxylic acids is 2. The lowest BCUT2D eigenvalue weighted by Gasteiger charge is -2.16. The Morgan fingerprint density at radius 2 is 1.73 bits per heavy atom. The van der Waals surface area contributed by atoms with Gasteiger partial charge in [0, 0.05) is 23.1 Å². The summed E-state index contributed by atoms with van der Waals surface area (Å²) >= 11 is 0. The van der Waals surface area contributed by atoms with Crippen LogP contribution in [0.1, 0.15) is 42.1 Å². The van der Waals surface area contributed by atoms with Crippen molar-refractivity contribution in [3.05, 3.63) is 77.9 Å². The molecule has 212 valence electrons. The van der Waals surface area contributed by atoms with E-state index in [1.165, 1.54) is 7.11 Å². The summed E-state index contributed by atoms with van der Waals surface area (Å²) in [5.41, 5.74) is 3.65. The molecular formula is C32H32N2O7. The molecule has 9 nitrogen and oxygen atoms in total. The zero-order chi connectivity index (χ0) is 28.8. The highest BCUT2D eigenvalue weighted by Crippen LogP contribution is 2.37. The van der Waals surface area contributed by atoms with Crippen LogP contribution in [0.2, 0.25) is 0 Å². The fourth-order valence-electron chi connectivity index (χ4n) is 4.92. The third-order valence-corrected chi connectivity index (χ3v) is 6.87. The standard InChI is InChI=1S/C32H32N2O7/c1-4-39-32(36)28-25-20-23(16-17-27(25)41-30(28)21-12-14-22(37-2)15-13-21)40-19-9-5-8-18-34-26-11-7-6-10-24(26)29(31(34)35)33-38-3/h6-7,10-17,20H,4-5,8-9,18-19H2,1-3H3/b33-29-. The number of nitrogens with zero attached hydrogens (tertiary/aromatic N) is 2. The first-order valence-corrected chi connectivity index (χ1v) is 13.6. The Balaban J connectivity index is 1.22. The molecule has 0 N–H and O–H groups in total. The molecule has 5 rings (SSSR count). The van der Waals surface area contributed by atoms with Crippen LogP contribution in [0.5, 0.6) is 11.5 Å². The summed E-state index contributed by atoms with van der Waals surface area (Å²) in [5.74, 6) is 1.18. The summed E-state index contributed by atoms with van der Waals surface area (Å²) in [4.78, 5) is 32.4. The number of ether oxygens (including phenoxy) is 3. The summed E-state index contributed by atoms with van der Waals surface area (Å²) in [6.45, 7) is 3.09. The zero-order valence-electron chi connectivity index (χ0n) is 23.3. The van der Waals surface area contributed by atoms with Crippen molar-refractivity contribution in [2.45, 2.75) is 26.2 Å². The van der Waals surface area contributed by atoms with Gasteiger partial charge in [0.1, 0.15) is 35.5 Å². The van der Waals surface area contributed by atoms with Crippen molar-refractivity contribution < 1.29 is 33.1 Å². The minimum atomic E-state index is -0.453. The molecular weight excluding hydrogens is 524 g/mol. The van der Waals surface area contributed by atoms with Gasteiger partial charge in [0.25, 0.3) is 5.91 Å². The molecule has 0 saturated carbocycles. The Labute approximate surface area is 238 Å². The number of rotatable bonds is 12. The lowest BCUT2D eigenvalue weighted by atomic mass is 10.1. The molecule has 0 unspecified atom stereocenters. The smallest absolute Gasteiger partial charge is 0.342 e. The topological polar surface area (TPSA) is 99.8 Å². The Morgan fingerprint density at radius 3 is 2.49 bits per heavy atom. The predicted molar refractivity (Wildman–Crippen MR) is 156 cm³/mol. The van der Waals surface area contributed by atoms with Gasteiger partial charge < -0.3 is 28.4 Å². The van der Waals surface area contributed by atoms with Crippen molar-refractivity contribution in [1.29, 1.82) is 0 Å². The number of benzene rings is 3. The molecule has 9 heteroatoms. The van der Waals surface area contributed by atoms with E-state index in [9.17, 15) is 9.59 Å². The van der Waals surface area contributed by atoms with E-state index in [0.29, 0.717) is 52.7 Å². The average molecular weight is 557 g/mol. The number of fused-ring (bicyclic) bond motifs is 2. The van der Waals surface area contributed by atoms with Gasteiger partial charge in [-0.15, -0.1) is 0 Å². The maximum absolute atomic E-state index is 13.0. The van der Waals surface area contributed by atoms with E-state index in [4.69, 9.17) is 23.5 Å². The number of hydrogen-bond acceptors (Lipinski definition) is 8. The summed E-state index contributed by atoms with van der Waals surface area (Å²) in [7, 11) is 3.04. The number of anilines is 1. The molecule has 1 aromatic heterocycles. The molecule has 0 aliphatic carbocycles.